The highest BCUT2D eigenvalue weighted by Gasteiger charge is 2.62. The van der Waals surface area contributed by atoms with Crippen molar-refractivity contribution in [1.82, 2.24) is 19.2 Å². The van der Waals surface area contributed by atoms with Gasteiger partial charge in [-0.05, 0) is 126 Å². The summed E-state index contributed by atoms with van der Waals surface area (Å²) in [7, 11) is -3.97. The molecule has 7 atom stereocenters. The Morgan fingerprint density at radius 2 is 1.75 bits per heavy atom. The molecule has 1 saturated heterocycles. The molecule has 2 aromatic heterocycles. The summed E-state index contributed by atoms with van der Waals surface area (Å²) in [5, 5.41) is 0.861. The summed E-state index contributed by atoms with van der Waals surface area (Å²) in [6.45, 7) is 6.83. The lowest BCUT2D eigenvalue weighted by atomic mass is 9.86. The number of fused-ring (bicyclic) bond motifs is 5. The highest BCUT2D eigenvalue weighted by Crippen LogP contribution is 2.57. The van der Waals surface area contributed by atoms with Crippen molar-refractivity contribution in [1.29, 1.82) is 0 Å². The van der Waals surface area contributed by atoms with Crippen LogP contribution in [0.5, 0.6) is 11.6 Å². The van der Waals surface area contributed by atoms with Crippen LogP contribution in [0.2, 0.25) is 0 Å². The third kappa shape index (κ3) is 9.51. The molecule has 3 aromatic rings. The van der Waals surface area contributed by atoms with Crippen LogP contribution in [0.3, 0.4) is 0 Å². The second-order valence-electron chi connectivity index (χ2n) is 19.9. The largest absolute Gasteiger partial charge is 0.492 e. The molecule has 2 bridgehead atoms. The van der Waals surface area contributed by atoms with Gasteiger partial charge in [0.05, 0.1) is 52.8 Å². The molecule has 14 heteroatoms. The second-order valence-corrected chi connectivity index (χ2v) is 22.1. The van der Waals surface area contributed by atoms with Gasteiger partial charge in [-0.25, -0.2) is 13.4 Å². The molecule has 1 aromatic carbocycles. The molecule has 4 saturated carbocycles. The summed E-state index contributed by atoms with van der Waals surface area (Å²) in [6, 6.07) is 10.8. The molecule has 1 N–H and O–H groups in total. The first-order valence-corrected chi connectivity index (χ1v) is 25.6. The average Bonchev–Trinajstić information content (AvgIpc) is 3.73. The van der Waals surface area contributed by atoms with Crippen molar-refractivity contribution in [3.05, 3.63) is 79.2 Å². The fourth-order valence-corrected chi connectivity index (χ4v) is 12.5. The van der Waals surface area contributed by atoms with Crippen molar-refractivity contribution < 1.29 is 41.8 Å². The first-order valence-electron chi connectivity index (χ1n) is 24.1. The smallest absolute Gasteiger partial charge is 0.306 e. The number of nitrogens with one attached hydrogen (secondary N) is 1. The van der Waals surface area contributed by atoms with Gasteiger partial charge in [-0.2, -0.15) is 0 Å². The number of ketones is 1. The van der Waals surface area contributed by atoms with Crippen molar-refractivity contribution in [2.45, 2.75) is 146 Å². The van der Waals surface area contributed by atoms with Crippen LogP contribution in [0.25, 0.3) is 10.9 Å². The van der Waals surface area contributed by atoms with E-state index in [1.807, 2.05) is 48.8 Å². The van der Waals surface area contributed by atoms with Crippen LogP contribution in [-0.4, -0.2) is 82.6 Å². The van der Waals surface area contributed by atoms with Crippen LogP contribution in [0.4, 0.5) is 0 Å². The van der Waals surface area contributed by atoms with Gasteiger partial charge in [-0.1, -0.05) is 43.2 Å². The zero-order valence-electron chi connectivity index (χ0n) is 37.7. The lowest BCUT2D eigenvalue weighted by molar-refractivity contribution is -0.156. The van der Waals surface area contributed by atoms with Crippen molar-refractivity contribution in [2.24, 2.45) is 29.1 Å². The van der Waals surface area contributed by atoms with Gasteiger partial charge in [-0.3, -0.25) is 23.9 Å². The molecule has 4 aliphatic carbocycles. The van der Waals surface area contributed by atoms with Crippen molar-refractivity contribution in [3.8, 4) is 11.6 Å². The predicted molar refractivity (Wildman–Crippen MR) is 245 cm³/mol. The van der Waals surface area contributed by atoms with Crippen LogP contribution >= 0.6 is 0 Å². The Labute approximate surface area is 382 Å². The number of amides is 2. The summed E-state index contributed by atoms with van der Waals surface area (Å²) in [5.74, 6) is -1.60. The Kier molecular flexibility index (Phi) is 13.0. The zero-order chi connectivity index (χ0) is 45.3. The maximum absolute atomic E-state index is 15.2. The summed E-state index contributed by atoms with van der Waals surface area (Å²) in [4.78, 5) is 64.6. The molecule has 348 valence electrons. The van der Waals surface area contributed by atoms with Gasteiger partial charge in [0.15, 0.2) is 5.78 Å². The van der Waals surface area contributed by atoms with E-state index in [2.05, 4.69) is 28.0 Å². The van der Waals surface area contributed by atoms with E-state index >= 15 is 4.79 Å². The Balaban J connectivity index is 1.06. The van der Waals surface area contributed by atoms with Crippen molar-refractivity contribution in [3.63, 3.8) is 0 Å². The summed E-state index contributed by atoms with van der Waals surface area (Å²) in [5.41, 5.74) is 0.158. The molecule has 0 unspecified atom stereocenters. The number of aryl methyl sites for hydroxylation is 1. The Hall–Kier alpha value is -4.98. The number of allylic oxidation sites excluding steroid dienone is 3. The van der Waals surface area contributed by atoms with E-state index in [1.165, 1.54) is 0 Å². The van der Waals surface area contributed by atoms with Gasteiger partial charge in [-0.15, -0.1) is 6.58 Å². The molecule has 0 radical (unpaired) electrons. The number of hydrogen-bond acceptors (Lipinski definition) is 10. The summed E-state index contributed by atoms with van der Waals surface area (Å²) >= 11 is 0. The third-order valence-corrected chi connectivity index (χ3v) is 17.7. The van der Waals surface area contributed by atoms with Gasteiger partial charge in [0.2, 0.25) is 27.7 Å². The number of ether oxygens (including phenoxy) is 3. The van der Waals surface area contributed by atoms with E-state index in [-0.39, 0.29) is 67.8 Å². The number of pyridine rings is 1. The number of sulfonamides is 1. The molecule has 2 aliphatic heterocycles. The average molecular weight is 909 g/mol. The second kappa shape index (κ2) is 18.7. The minimum absolute atomic E-state index is 0.0495. The van der Waals surface area contributed by atoms with E-state index in [4.69, 9.17) is 19.2 Å². The number of aromatic nitrogens is 2. The third-order valence-electron chi connectivity index (χ3n) is 15.5. The molecule has 4 heterocycles. The van der Waals surface area contributed by atoms with E-state index in [9.17, 15) is 22.8 Å². The van der Waals surface area contributed by atoms with Crippen LogP contribution in [0.1, 0.15) is 115 Å². The zero-order valence-corrected chi connectivity index (χ0v) is 38.5. The van der Waals surface area contributed by atoms with Crippen molar-refractivity contribution in [2.75, 3.05) is 13.2 Å². The molecule has 9 rings (SSSR count). The molecule has 0 spiro atoms. The van der Waals surface area contributed by atoms with Crippen LogP contribution in [-0.2, 0) is 46.9 Å². The van der Waals surface area contributed by atoms with Gasteiger partial charge in [0.25, 0.3) is 0 Å². The number of benzene rings is 1. The van der Waals surface area contributed by atoms with Crippen molar-refractivity contribution >= 4 is 44.5 Å². The fourth-order valence-electron chi connectivity index (χ4n) is 11.1. The highest BCUT2D eigenvalue weighted by atomic mass is 32.2. The first kappa shape index (κ1) is 45.2. The minimum Gasteiger partial charge on any atom is -0.492 e. The molecule has 65 heavy (non-hydrogen) atoms. The number of carbonyl (C=O) groups excluding carboxylic acids is 4. The van der Waals surface area contributed by atoms with E-state index in [0.29, 0.717) is 43.0 Å². The summed E-state index contributed by atoms with van der Waals surface area (Å²) in [6.07, 6.45) is 19.2. The SMILES string of the molecule is C=C[C@@H]1C[C@]1(CC(=O)[C@@H]1C[C@@H]2CN1C(=O)[C@H](C1CCCC1)CC(=O)O[C@@H]1CCC[C@H]1CC/C=C/Cc1c(nc3ccccc3c1OCCCn1cccc1)O2)C(=O)NS(=O)(=O)C1(C)CC1. The van der Waals surface area contributed by atoms with E-state index < -0.39 is 50.1 Å². The number of rotatable bonds is 13. The van der Waals surface area contributed by atoms with Crippen LogP contribution in [0.15, 0.2) is 73.6 Å². The molecular formula is C51H64N4O9S. The van der Waals surface area contributed by atoms with E-state index in [0.717, 1.165) is 81.7 Å². The van der Waals surface area contributed by atoms with Crippen LogP contribution < -0.4 is 14.2 Å². The lowest BCUT2D eigenvalue weighted by Crippen LogP contribution is -2.48. The standard InChI is InChI=1S/C51H64N4O9S/c1-3-36-31-51(36,49(59)53-65(60,61)50(2)23-24-50)32-43(56)42-29-37-33-55(42)48(58)40(34-15-7-8-16-34)30-45(57)64-44-22-13-18-35(44)17-5-4-6-20-39-46(62-28-14-27-54-25-11-12-26-54)38-19-9-10-21-41(38)52-47(39)63-37/h3-4,6,9-12,19,21,25-26,34-37,40,42,44H,1,5,7-8,13-18,20,22-24,27-33H2,2H3,(H,53,59)/b6-4+/t35-,36-,37-,40+,42+,44-,51-/m1/s1. The number of esters is 1. The van der Waals surface area contributed by atoms with Gasteiger partial charge >= 0.3 is 5.97 Å². The Bertz CT molecular complexity index is 2420. The normalized spacial score (nSPS) is 29.7. The van der Waals surface area contributed by atoms with Gasteiger partial charge < -0.3 is 23.7 Å². The minimum atomic E-state index is -3.97. The van der Waals surface area contributed by atoms with Gasteiger partial charge in [0, 0.05) is 37.2 Å². The monoisotopic (exact) mass is 908 g/mol. The molecule has 6 aliphatic rings. The highest BCUT2D eigenvalue weighted by molar-refractivity contribution is 7.91. The molecule has 13 nitrogen and oxygen atoms in total. The predicted octanol–water partition coefficient (Wildman–Crippen LogP) is 7.80. The quantitative estimate of drug-likeness (QED) is 0.102. The van der Waals surface area contributed by atoms with Crippen LogP contribution in [0, 0.1) is 29.1 Å². The first-order chi connectivity index (χ1) is 31.4. The number of hydrogen-bond donors (Lipinski definition) is 1. The number of Topliss-reactive ketones (excluding diaryl/α,β-unsaturated/α-hetero) is 1. The topological polar surface area (TPSA) is 163 Å². The lowest BCUT2D eigenvalue weighted by Gasteiger charge is -2.31. The fraction of sp³-hybridized carbons (Fsp3) is 0.588. The maximum atomic E-state index is 15.2. The molecule has 5 fully saturated rings. The number of carbonyl (C=O) groups is 4. The molecule has 2 amide bonds. The Morgan fingerprint density at radius 1 is 0.985 bits per heavy atom. The van der Waals surface area contributed by atoms with E-state index in [1.54, 1.807) is 17.9 Å². The molecular weight excluding hydrogens is 845 g/mol. The Morgan fingerprint density at radius 3 is 2.51 bits per heavy atom. The van der Waals surface area contributed by atoms with Gasteiger partial charge in [0.1, 0.15) is 18.0 Å². The number of para-hydroxylation sites is 1. The number of nitrogens with zero attached hydrogens (tertiary/aromatic N) is 3. The maximum Gasteiger partial charge on any atom is 0.306 e. The summed E-state index contributed by atoms with van der Waals surface area (Å²) < 4.78 is 49.8.